The van der Waals surface area contributed by atoms with Crippen LogP contribution in [0.1, 0.15) is 31.7 Å². The van der Waals surface area contributed by atoms with Crippen LogP contribution in [0.5, 0.6) is 0 Å². The fourth-order valence-corrected chi connectivity index (χ4v) is 2.53. The smallest absolute Gasteiger partial charge is 0.261 e. The van der Waals surface area contributed by atoms with Gasteiger partial charge in [-0.15, -0.1) is 0 Å². The highest BCUT2D eigenvalue weighted by Gasteiger charge is 2.18. The third kappa shape index (κ3) is 1.43. The van der Waals surface area contributed by atoms with E-state index in [1.165, 1.54) is 12.8 Å². The number of benzene rings is 1. The molecule has 0 radical (unpaired) electrons. The minimum absolute atomic E-state index is 0.109. The predicted molar refractivity (Wildman–Crippen MR) is 63.5 cm³/mol. The summed E-state index contributed by atoms with van der Waals surface area (Å²) in [5, 5.41) is 0.733. The van der Waals surface area contributed by atoms with E-state index in [1.54, 1.807) is 6.33 Å². The lowest BCUT2D eigenvalue weighted by molar-refractivity contribution is 0.499. The molecule has 0 aliphatic heterocycles. The van der Waals surface area contributed by atoms with Gasteiger partial charge in [0.1, 0.15) is 0 Å². The van der Waals surface area contributed by atoms with Crippen LogP contribution in [0.15, 0.2) is 35.4 Å². The number of hydrogen-bond donors (Lipinski definition) is 0. The standard InChI is InChI=1S/C13H14N2O/c16-13-11-7-3-4-8-12(11)14-9-15(13)10-5-1-2-6-10/h3-4,7-10H,1-2,5-6H2. The largest absolute Gasteiger partial charge is 0.296 e. The summed E-state index contributed by atoms with van der Waals surface area (Å²) in [6, 6.07) is 7.91. The molecule has 0 N–H and O–H groups in total. The highest BCUT2D eigenvalue weighted by Crippen LogP contribution is 2.28. The lowest BCUT2D eigenvalue weighted by atomic mass is 10.2. The second kappa shape index (κ2) is 3.74. The van der Waals surface area contributed by atoms with Crippen LogP contribution in [-0.4, -0.2) is 9.55 Å². The Morgan fingerprint density at radius 3 is 2.75 bits per heavy atom. The molecule has 3 heteroatoms. The Hall–Kier alpha value is -1.64. The number of nitrogens with zero attached hydrogens (tertiary/aromatic N) is 2. The van der Waals surface area contributed by atoms with Crippen LogP contribution in [0.2, 0.25) is 0 Å². The molecule has 1 aromatic heterocycles. The number of aromatic nitrogens is 2. The quantitative estimate of drug-likeness (QED) is 0.731. The van der Waals surface area contributed by atoms with Crippen molar-refractivity contribution in [2.75, 3.05) is 0 Å². The molecular formula is C13H14N2O. The SMILES string of the molecule is O=c1c2ccccc2ncn1C1CCCC1. The Morgan fingerprint density at radius 1 is 1.19 bits per heavy atom. The Balaban J connectivity index is 2.19. The van der Waals surface area contributed by atoms with E-state index >= 15 is 0 Å². The molecule has 2 aromatic rings. The maximum atomic E-state index is 12.2. The molecule has 0 spiro atoms. The molecule has 0 unspecified atom stereocenters. The summed E-state index contributed by atoms with van der Waals surface area (Å²) in [7, 11) is 0. The molecule has 0 atom stereocenters. The Kier molecular flexibility index (Phi) is 2.24. The molecule has 1 heterocycles. The van der Waals surface area contributed by atoms with E-state index in [0.29, 0.717) is 6.04 Å². The van der Waals surface area contributed by atoms with Gasteiger partial charge < -0.3 is 0 Å². The van der Waals surface area contributed by atoms with Crippen molar-refractivity contribution < 1.29 is 0 Å². The average Bonchev–Trinajstić information content (AvgIpc) is 2.83. The van der Waals surface area contributed by atoms with Crippen molar-refractivity contribution in [1.29, 1.82) is 0 Å². The topological polar surface area (TPSA) is 34.9 Å². The van der Waals surface area contributed by atoms with E-state index in [9.17, 15) is 4.79 Å². The lowest BCUT2D eigenvalue weighted by Crippen LogP contribution is -2.23. The molecule has 1 aliphatic carbocycles. The molecule has 82 valence electrons. The highest BCUT2D eigenvalue weighted by atomic mass is 16.1. The van der Waals surface area contributed by atoms with Crippen molar-refractivity contribution >= 4 is 10.9 Å². The second-order valence-electron chi connectivity index (χ2n) is 4.41. The van der Waals surface area contributed by atoms with Crippen molar-refractivity contribution in [1.82, 2.24) is 9.55 Å². The molecule has 1 aromatic carbocycles. The van der Waals surface area contributed by atoms with Gasteiger partial charge in [-0.05, 0) is 25.0 Å². The normalized spacial score (nSPS) is 17.0. The van der Waals surface area contributed by atoms with Gasteiger partial charge in [0.05, 0.1) is 17.2 Å². The minimum Gasteiger partial charge on any atom is -0.296 e. The fourth-order valence-electron chi connectivity index (χ4n) is 2.53. The first-order chi connectivity index (χ1) is 7.86. The first-order valence-corrected chi connectivity index (χ1v) is 5.82. The molecule has 3 nitrogen and oxygen atoms in total. The third-order valence-electron chi connectivity index (χ3n) is 3.41. The van der Waals surface area contributed by atoms with E-state index in [0.717, 1.165) is 23.7 Å². The van der Waals surface area contributed by atoms with Crippen molar-refractivity contribution in [2.24, 2.45) is 0 Å². The molecule has 0 bridgehead atoms. The average molecular weight is 214 g/mol. The Bertz CT molecular complexity index is 567. The summed E-state index contributed by atoms with van der Waals surface area (Å²) in [4.78, 5) is 16.6. The van der Waals surface area contributed by atoms with Crippen LogP contribution in [0, 0.1) is 0 Å². The maximum Gasteiger partial charge on any atom is 0.261 e. The van der Waals surface area contributed by atoms with Crippen molar-refractivity contribution in [3.63, 3.8) is 0 Å². The van der Waals surface area contributed by atoms with E-state index in [-0.39, 0.29) is 5.56 Å². The molecule has 3 rings (SSSR count). The molecule has 1 saturated carbocycles. The molecule has 0 saturated heterocycles. The molecule has 16 heavy (non-hydrogen) atoms. The Labute approximate surface area is 93.7 Å². The van der Waals surface area contributed by atoms with Gasteiger partial charge >= 0.3 is 0 Å². The van der Waals surface area contributed by atoms with Gasteiger partial charge in [0, 0.05) is 6.04 Å². The van der Waals surface area contributed by atoms with E-state index in [1.807, 2.05) is 28.8 Å². The van der Waals surface area contributed by atoms with Crippen LogP contribution in [0.4, 0.5) is 0 Å². The van der Waals surface area contributed by atoms with E-state index < -0.39 is 0 Å². The summed E-state index contributed by atoms with van der Waals surface area (Å²) in [5.74, 6) is 0. The van der Waals surface area contributed by atoms with Crippen molar-refractivity contribution in [3.05, 3.63) is 40.9 Å². The van der Waals surface area contributed by atoms with Crippen LogP contribution in [-0.2, 0) is 0 Å². The number of fused-ring (bicyclic) bond motifs is 1. The molecule has 0 amide bonds. The van der Waals surface area contributed by atoms with Gasteiger partial charge in [-0.1, -0.05) is 25.0 Å². The summed E-state index contributed by atoms with van der Waals surface area (Å²) in [6.45, 7) is 0. The van der Waals surface area contributed by atoms with Gasteiger partial charge in [0.25, 0.3) is 5.56 Å². The highest BCUT2D eigenvalue weighted by molar-refractivity contribution is 5.76. The fraction of sp³-hybridized carbons (Fsp3) is 0.385. The van der Waals surface area contributed by atoms with Crippen LogP contribution < -0.4 is 5.56 Å². The first kappa shape index (κ1) is 9.58. The van der Waals surface area contributed by atoms with Crippen molar-refractivity contribution in [2.45, 2.75) is 31.7 Å². The summed E-state index contributed by atoms with van der Waals surface area (Å²) in [6.07, 6.45) is 6.38. The number of rotatable bonds is 1. The number of para-hydroxylation sites is 1. The predicted octanol–water partition coefficient (Wildman–Crippen LogP) is 2.51. The van der Waals surface area contributed by atoms with Crippen LogP contribution >= 0.6 is 0 Å². The zero-order chi connectivity index (χ0) is 11.0. The van der Waals surface area contributed by atoms with Crippen molar-refractivity contribution in [3.8, 4) is 0 Å². The van der Waals surface area contributed by atoms with Crippen LogP contribution in [0.25, 0.3) is 10.9 Å². The summed E-state index contributed by atoms with van der Waals surface area (Å²) in [5.41, 5.74) is 0.902. The van der Waals surface area contributed by atoms with Gasteiger partial charge in [-0.3, -0.25) is 9.36 Å². The van der Waals surface area contributed by atoms with Gasteiger partial charge in [0.15, 0.2) is 0 Å². The Morgan fingerprint density at radius 2 is 1.94 bits per heavy atom. The zero-order valence-corrected chi connectivity index (χ0v) is 9.10. The van der Waals surface area contributed by atoms with Gasteiger partial charge in [-0.2, -0.15) is 0 Å². The second-order valence-corrected chi connectivity index (χ2v) is 4.41. The monoisotopic (exact) mass is 214 g/mol. The third-order valence-corrected chi connectivity index (χ3v) is 3.41. The molecule has 1 fully saturated rings. The molecule has 1 aliphatic rings. The first-order valence-electron chi connectivity index (χ1n) is 5.82. The summed E-state index contributed by atoms with van der Waals surface area (Å²) < 4.78 is 1.81. The maximum absolute atomic E-state index is 12.2. The van der Waals surface area contributed by atoms with Gasteiger partial charge in [0.2, 0.25) is 0 Å². The molecular weight excluding hydrogens is 200 g/mol. The number of hydrogen-bond acceptors (Lipinski definition) is 2. The summed E-state index contributed by atoms with van der Waals surface area (Å²) >= 11 is 0. The zero-order valence-electron chi connectivity index (χ0n) is 9.10. The van der Waals surface area contributed by atoms with Crippen LogP contribution in [0.3, 0.4) is 0 Å². The van der Waals surface area contributed by atoms with E-state index in [2.05, 4.69) is 4.98 Å². The lowest BCUT2D eigenvalue weighted by Gasteiger charge is -2.12. The van der Waals surface area contributed by atoms with Gasteiger partial charge in [-0.25, -0.2) is 4.98 Å². The minimum atomic E-state index is 0.109. The van der Waals surface area contributed by atoms with E-state index in [4.69, 9.17) is 0 Å².